The van der Waals surface area contributed by atoms with Crippen LogP contribution in [0.4, 0.5) is 0 Å². The molecule has 0 unspecified atom stereocenters. The Bertz CT molecular complexity index is 78.8. The molecule has 2 N–H and O–H groups in total. The highest BCUT2D eigenvalue weighted by atomic mass is 127. The largest absolute Gasteiger partial charge is 0.392 e. The maximum atomic E-state index is 8.96. The molecule has 0 bridgehead atoms. The number of halogens is 1. The minimum absolute atomic E-state index is 0.0882. The second-order valence-electron chi connectivity index (χ2n) is 2.15. The molecule has 1 fully saturated rings. The lowest BCUT2D eigenvalue weighted by molar-refractivity contribution is 0.194. The van der Waals surface area contributed by atoms with Crippen molar-refractivity contribution in [3.63, 3.8) is 0 Å². The average Bonchev–Trinajstić information content (AvgIpc) is 2.14. The Kier molecular flexibility index (Phi) is 2.52. The van der Waals surface area contributed by atoms with Crippen molar-refractivity contribution in [2.45, 2.75) is 18.6 Å². The van der Waals surface area contributed by atoms with Gasteiger partial charge in [-0.25, -0.2) is 0 Å². The van der Waals surface area contributed by atoms with E-state index in [1.165, 1.54) is 0 Å². The van der Waals surface area contributed by atoms with Gasteiger partial charge in [0.1, 0.15) is 0 Å². The lowest BCUT2D eigenvalue weighted by Gasteiger charge is -2.01. The van der Waals surface area contributed by atoms with E-state index in [4.69, 9.17) is 5.11 Å². The van der Waals surface area contributed by atoms with Gasteiger partial charge in [0.05, 0.1) is 6.10 Å². The maximum absolute atomic E-state index is 8.96. The van der Waals surface area contributed by atoms with Gasteiger partial charge in [-0.3, -0.25) is 0 Å². The summed E-state index contributed by atoms with van der Waals surface area (Å²) in [6.45, 7) is 0.785. The van der Waals surface area contributed by atoms with Crippen LogP contribution in [0.15, 0.2) is 0 Å². The first kappa shape index (κ1) is 6.77. The van der Waals surface area contributed by atoms with Crippen LogP contribution in [0.2, 0.25) is 0 Å². The number of aliphatic hydroxyl groups excluding tert-OH is 1. The van der Waals surface area contributed by atoms with Gasteiger partial charge in [0.2, 0.25) is 0 Å². The first-order chi connectivity index (χ1) is 3.83. The first-order valence-corrected chi connectivity index (χ1v) is 4.33. The quantitative estimate of drug-likeness (QED) is 0.493. The average molecular weight is 227 g/mol. The highest BCUT2D eigenvalue weighted by Gasteiger charge is 2.19. The molecule has 2 nitrogen and oxygen atoms in total. The van der Waals surface area contributed by atoms with Gasteiger partial charge >= 0.3 is 0 Å². The predicted octanol–water partition coefficient (Wildman–Crippen LogP) is 0.144. The van der Waals surface area contributed by atoms with Gasteiger partial charge in [-0.15, -0.1) is 0 Å². The molecule has 0 aromatic carbocycles. The standard InChI is InChI=1S/C5H10INO/c6-2-4-1-5(8)3-7-4/h4-5,7-8H,1-3H2/t4-,5-/m1/s1. The van der Waals surface area contributed by atoms with Gasteiger partial charge in [0.25, 0.3) is 0 Å². The second-order valence-corrected chi connectivity index (χ2v) is 3.03. The third-order valence-electron chi connectivity index (χ3n) is 1.39. The zero-order chi connectivity index (χ0) is 5.98. The van der Waals surface area contributed by atoms with Crippen LogP contribution in [0.3, 0.4) is 0 Å². The minimum Gasteiger partial charge on any atom is -0.392 e. The summed E-state index contributed by atoms with van der Waals surface area (Å²) in [5, 5.41) is 12.2. The molecule has 8 heavy (non-hydrogen) atoms. The minimum atomic E-state index is -0.0882. The second kappa shape index (κ2) is 2.98. The van der Waals surface area contributed by atoms with Gasteiger partial charge < -0.3 is 10.4 Å². The maximum Gasteiger partial charge on any atom is 0.0679 e. The molecule has 1 saturated heterocycles. The molecule has 0 spiro atoms. The van der Waals surface area contributed by atoms with E-state index in [1.807, 2.05) is 0 Å². The van der Waals surface area contributed by atoms with Crippen LogP contribution in [0.25, 0.3) is 0 Å². The summed E-state index contributed by atoms with van der Waals surface area (Å²) in [6, 6.07) is 0.561. The lowest BCUT2D eigenvalue weighted by atomic mass is 10.2. The van der Waals surface area contributed by atoms with E-state index in [0.717, 1.165) is 17.4 Å². The van der Waals surface area contributed by atoms with Crippen molar-refractivity contribution in [1.82, 2.24) is 5.32 Å². The number of rotatable bonds is 1. The summed E-state index contributed by atoms with van der Waals surface area (Å²) >= 11 is 2.33. The normalized spacial score (nSPS) is 38.2. The Hall–Kier alpha value is 0.650. The molecule has 2 atom stereocenters. The number of β-amino-alcohol motifs (C(OH)–C–C–N with tert-alkyl or cyclic N) is 1. The molecular formula is C5H10INO. The van der Waals surface area contributed by atoms with Gasteiger partial charge in [0.15, 0.2) is 0 Å². The zero-order valence-corrected chi connectivity index (χ0v) is 6.76. The molecule has 1 rings (SSSR count). The zero-order valence-electron chi connectivity index (χ0n) is 4.60. The number of hydrogen-bond donors (Lipinski definition) is 2. The van der Waals surface area contributed by atoms with Crippen molar-refractivity contribution in [2.24, 2.45) is 0 Å². The molecule has 0 aromatic rings. The Morgan fingerprint density at radius 2 is 2.50 bits per heavy atom. The summed E-state index contributed by atoms with van der Waals surface area (Å²) in [4.78, 5) is 0. The fourth-order valence-corrected chi connectivity index (χ4v) is 1.59. The predicted molar refractivity (Wildman–Crippen MR) is 41.3 cm³/mol. The molecule has 0 aliphatic carbocycles. The van der Waals surface area contributed by atoms with Crippen LogP contribution < -0.4 is 5.32 Å². The third kappa shape index (κ3) is 1.56. The van der Waals surface area contributed by atoms with Crippen LogP contribution in [-0.2, 0) is 0 Å². The van der Waals surface area contributed by atoms with E-state index in [1.54, 1.807) is 0 Å². The highest BCUT2D eigenvalue weighted by molar-refractivity contribution is 14.1. The Morgan fingerprint density at radius 1 is 1.75 bits per heavy atom. The van der Waals surface area contributed by atoms with E-state index < -0.39 is 0 Å². The summed E-state index contributed by atoms with van der Waals surface area (Å²) in [7, 11) is 0. The van der Waals surface area contributed by atoms with Crippen molar-refractivity contribution in [3.05, 3.63) is 0 Å². The van der Waals surface area contributed by atoms with Crippen LogP contribution in [0.1, 0.15) is 6.42 Å². The van der Waals surface area contributed by atoms with Crippen LogP contribution in [-0.4, -0.2) is 28.2 Å². The third-order valence-corrected chi connectivity index (χ3v) is 2.45. The van der Waals surface area contributed by atoms with Gasteiger partial charge in [0, 0.05) is 17.0 Å². The van der Waals surface area contributed by atoms with Crippen molar-refractivity contribution in [1.29, 1.82) is 0 Å². The smallest absolute Gasteiger partial charge is 0.0679 e. The first-order valence-electron chi connectivity index (χ1n) is 2.80. The molecular weight excluding hydrogens is 217 g/mol. The molecule has 1 heterocycles. The van der Waals surface area contributed by atoms with E-state index >= 15 is 0 Å². The van der Waals surface area contributed by atoms with Gasteiger partial charge in [-0.1, -0.05) is 22.6 Å². The van der Waals surface area contributed by atoms with E-state index in [0.29, 0.717) is 6.04 Å². The molecule has 48 valence electrons. The fraction of sp³-hybridized carbons (Fsp3) is 1.00. The summed E-state index contributed by atoms with van der Waals surface area (Å²) in [6.07, 6.45) is 0.845. The molecule has 0 aromatic heterocycles. The van der Waals surface area contributed by atoms with Gasteiger partial charge in [-0.05, 0) is 6.42 Å². The Balaban J connectivity index is 2.22. The van der Waals surface area contributed by atoms with Crippen molar-refractivity contribution < 1.29 is 5.11 Å². The van der Waals surface area contributed by atoms with Crippen LogP contribution in [0, 0.1) is 0 Å². The Labute approximate surface area is 62.8 Å². The monoisotopic (exact) mass is 227 g/mol. The molecule has 3 heteroatoms. The van der Waals surface area contributed by atoms with Crippen molar-refractivity contribution >= 4 is 22.6 Å². The van der Waals surface area contributed by atoms with Crippen LogP contribution in [0.5, 0.6) is 0 Å². The molecule has 0 amide bonds. The topological polar surface area (TPSA) is 32.3 Å². The molecule has 0 radical (unpaired) electrons. The van der Waals surface area contributed by atoms with Gasteiger partial charge in [-0.2, -0.15) is 0 Å². The lowest BCUT2D eigenvalue weighted by Crippen LogP contribution is -2.22. The van der Waals surface area contributed by atoms with Crippen molar-refractivity contribution in [3.8, 4) is 0 Å². The summed E-state index contributed by atoms with van der Waals surface area (Å²) < 4.78 is 1.11. The Morgan fingerprint density at radius 3 is 2.75 bits per heavy atom. The fourth-order valence-electron chi connectivity index (χ4n) is 0.915. The molecule has 1 aliphatic rings. The SMILES string of the molecule is O[C@H]1CN[C@@H](CI)C1. The number of hydrogen-bond acceptors (Lipinski definition) is 2. The summed E-state index contributed by atoms with van der Waals surface area (Å²) in [5.74, 6) is 0. The van der Waals surface area contributed by atoms with E-state index in [2.05, 4.69) is 27.9 Å². The van der Waals surface area contributed by atoms with Crippen LogP contribution >= 0.6 is 22.6 Å². The highest BCUT2D eigenvalue weighted by Crippen LogP contribution is 2.07. The van der Waals surface area contributed by atoms with Crippen molar-refractivity contribution in [2.75, 3.05) is 11.0 Å². The number of aliphatic hydroxyl groups is 1. The molecule has 0 saturated carbocycles. The van der Waals surface area contributed by atoms with E-state index in [9.17, 15) is 0 Å². The summed E-state index contributed by atoms with van der Waals surface area (Å²) in [5.41, 5.74) is 0. The molecule has 1 aliphatic heterocycles. The number of nitrogens with one attached hydrogen (secondary N) is 1. The van der Waals surface area contributed by atoms with E-state index in [-0.39, 0.29) is 6.10 Å². The number of alkyl halides is 1.